The van der Waals surface area contributed by atoms with Gasteiger partial charge in [0.05, 0.1) is 12.6 Å². The van der Waals surface area contributed by atoms with Gasteiger partial charge in [0.15, 0.2) is 0 Å². The van der Waals surface area contributed by atoms with Crippen molar-refractivity contribution in [2.24, 2.45) is 23.3 Å². The summed E-state index contributed by atoms with van der Waals surface area (Å²) in [7, 11) is 0. The van der Waals surface area contributed by atoms with Gasteiger partial charge in [-0.2, -0.15) is 0 Å². The van der Waals surface area contributed by atoms with E-state index >= 15 is 0 Å². The molecule has 56 heavy (non-hydrogen) atoms. The number of hydrogen-bond donors (Lipinski definition) is 9. The molecule has 17 heteroatoms. The molecule has 2 aromatic rings. The minimum Gasteiger partial charge on any atom is -0.508 e. The van der Waals surface area contributed by atoms with Crippen LogP contribution in [0.5, 0.6) is 11.5 Å². The average molecular weight is 781 g/mol. The number of primary amides is 1. The summed E-state index contributed by atoms with van der Waals surface area (Å²) in [5.41, 5.74) is 12.9. The van der Waals surface area contributed by atoms with Gasteiger partial charge < -0.3 is 53.2 Å². The second-order valence-corrected chi connectivity index (χ2v) is 14.9. The first-order valence-corrected chi connectivity index (χ1v) is 18.8. The van der Waals surface area contributed by atoms with Crippen LogP contribution in [0.3, 0.4) is 0 Å². The lowest BCUT2D eigenvalue weighted by atomic mass is 10.00. The zero-order chi connectivity index (χ0) is 41.7. The van der Waals surface area contributed by atoms with E-state index in [1.807, 2.05) is 13.8 Å². The Hall–Kier alpha value is -5.71. The van der Waals surface area contributed by atoms with Crippen molar-refractivity contribution in [1.82, 2.24) is 31.5 Å². The third-order valence-corrected chi connectivity index (χ3v) is 9.36. The summed E-state index contributed by atoms with van der Waals surface area (Å²) in [5, 5.41) is 32.2. The van der Waals surface area contributed by atoms with Crippen molar-refractivity contribution in [3.63, 3.8) is 0 Å². The molecular weight excluding hydrogens is 724 g/mol. The van der Waals surface area contributed by atoms with Gasteiger partial charge in [-0.3, -0.25) is 33.6 Å². The number of aromatic hydroxyl groups is 2. The predicted molar refractivity (Wildman–Crippen MR) is 206 cm³/mol. The molecule has 11 N–H and O–H groups in total. The van der Waals surface area contributed by atoms with E-state index in [4.69, 9.17) is 11.5 Å². The molecule has 0 radical (unpaired) electrons. The van der Waals surface area contributed by atoms with E-state index in [0.717, 1.165) is 0 Å². The molecule has 7 amide bonds. The van der Waals surface area contributed by atoms with Crippen LogP contribution in [0.4, 0.5) is 0 Å². The number of phenols is 2. The van der Waals surface area contributed by atoms with Crippen molar-refractivity contribution in [2.75, 3.05) is 13.1 Å². The molecule has 1 heterocycles. The SMILES string of the molecule is CC(C)C[C@H](NC(=O)[C@H](Cc1ccc(O)cc1)NC(=O)CNC(=O)[C@@H](NC(=O)[C@H](C)NC(=O)[C@@H](N)Cc1ccc(O)cc1)C(C)C)C(=O)N1CCC[C@@H]1C(N)=O. The van der Waals surface area contributed by atoms with E-state index in [1.54, 1.807) is 38.1 Å². The topological polar surface area (TPSA) is 275 Å². The normalized spacial score (nSPS) is 16.6. The van der Waals surface area contributed by atoms with Crippen molar-refractivity contribution in [3.8, 4) is 11.5 Å². The average Bonchev–Trinajstić information content (AvgIpc) is 3.64. The number of carbonyl (C=O) groups is 7. The maximum Gasteiger partial charge on any atom is 0.245 e. The first-order chi connectivity index (χ1) is 26.4. The molecule has 0 bridgehead atoms. The molecule has 0 spiro atoms. The Labute approximate surface area is 326 Å². The Balaban J connectivity index is 1.65. The number of nitrogens with one attached hydrogen (secondary N) is 5. The Kier molecular flexibility index (Phi) is 16.6. The summed E-state index contributed by atoms with van der Waals surface area (Å²) >= 11 is 0. The van der Waals surface area contributed by atoms with Gasteiger partial charge in [-0.05, 0) is 79.8 Å². The fourth-order valence-electron chi connectivity index (χ4n) is 6.27. The Morgan fingerprint density at radius 3 is 1.84 bits per heavy atom. The van der Waals surface area contributed by atoms with Crippen molar-refractivity contribution in [3.05, 3.63) is 59.7 Å². The van der Waals surface area contributed by atoms with Crippen LogP contribution < -0.4 is 38.1 Å². The molecule has 1 saturated heterocycles. The fraction of sp³-hybridized carbons (Fsp3) is 0.513. The van der Waals surface area contributed by atoms with Gasteiger partial charge >= 0.3 is 0 Å². The van der Waals surface area contributed by atoms with Crippen LogP contribution in [-0.2, 0) is 46.4 Å². The molecule has 0 aliphatic carbocycles. The standard InChI is InChI=1S/C39H56N8O9/c1-21(2)17-30(39(56)47-16-6-7-31(47)34(41)51)45-37(54)29(19-25-10-14-27(49)15-11-25)44-32(50)20-42-38(55)33(22(3)4)46-35(52)23(5)43-36(53)28(40)18-24-8-12-26(48)13-9-24/h8-15,21-23,28-31,33,48-49H,6-7,16-20,40H2,1-5H3,(H2,41,51)(H,42,55)(H,43,53)(H,44,50)(H,45,54)(H,46,52)/t23-,28-,29-,30-,31+,33-/m0/s1. The molecular formula is C39H56N8O9. The summed E-state index contributed by atoms with van der Waals surface area (Å²) < 4.78 is 0. The number of nitrogens with two attached hydrogens (primary N) is 2. The van der Waals surface area contributed by atoms with Gasteiger partial charge in [-0.1, -0.05) is 52.0 Å². The summed E-state index contributed by atoms with van der Waals surface area (Å²) in [4.78, 5) is 93.1. The quantitative estimate of drug-likeness (QED) is 0.0879. The molecule has 306 valence electrons. The van der Waals surface area contributed by atoms with E-state index in [-0.39, 0.29) is 36.7 Å². The van der Waals surface area contributed by atoms with Crippen molar-refractivity contribution in [1.29, 1.82) is 0 Å². The molecule has 3 rings (SSSR count). The summed E-state index contributed by atoms with van der Waals surface area (Å²) in [5.74, 6) is -4.86. The van der Waals surface area contributed by atoms with E-state index in [1.165, 1.54) is 36.1 Å². The smallest absolute Gasteiger partial charge is 0.245 e. The number of phenolic OH excluding ortho intramolecular Hbond substituents is 2. The van der Waals surface area contributed by atoms with E-state index in [0.29, 0.717) is 30.5 Å². The number of carbonyl (C=O) groups excluding carboxylic acids is 7. The maximum atomic E-state index is 13.8. The van der Waals surface area contributed by atoms with Crippen LogP contribution in [0.15, 0.2) is 48.5 Å². The second-order valence-electron chi connectivity index (χ2n) is 14.9. The Morgan fingerprint density at radius 1 is 0.732 bits per heavy atom. The number of likely N-dealkylation sites (tertiary alicyclic amines) is 1. The maximum absolute atomic E-state index is 13.8. The van der Waals surface area contributed by atoms with Crippen molar-refractivity contribution < 1.29 is 43.8 Å². The lowest BCUT2D eigenvalue weighted by molar-refractivity contribution is -0.141. The van der Waals surface area contributed by atoms with Gasteiger partial charge in [-0.25, -0.2) is 0 Å². The van der Waals surface area contributed by atoms with Crippen LogP contribution >= 0.6 is 0 Å². The number of benzene rings is 2. The largest absolute Gasteiger partial charge is 0.508 e. The number of amides is 7. The summed E-state index contributed by atoms with van der Waals surface area (Å²) in [6.07, 6.45) is 1.38. The molecule has 0 aromatic heterocycles. The van der Waals surface area contributed by atoms with Crippen LogP contribution in [0.1, 0.15) is 65.0 Å². The lowest BCUT2D eigenvalue weighted by Gasteiger charge is -2.30. The van der Waals surface area contributed by atoms with Gasteiger partial charge in [0.1, 0.15) is 41.7 Å². The third-order valence-electron chi connectivity index (χ3n) is 9.36. The van der Waals surface area contributed by atoms with Crippen molar-refractivity contribution in [2.45, 2.75) is 103 Å². The fourth-order valence-corrected chi connectivity index (χ4v) is 6.27. The first kappa shape index (κ1) is 44.7. The molecule has 0 unspecified atom stereocenters. The number of hydrogen-bond acceptors (Lipinski definition) is 10. The van der Waals surface area contributed by atoms with E-state index in [2.05, 4.69) is 26.6 Å². The monoisotopic (exact) mass is 780 g/mol. The first-order valence-electron chi connectivity index (χ1n) is 18.8. The Bertz CT molecular complexity index is 1700. The highest BCUT2D eigenvalue weighted by Gasteiger charge is 2.38. The molecule has 2 aromatic carbocycles. The van der Waals surface area contributed by atoms with E-state index in [9.17, 15) is 43.8 Å². The van der Waals surface area contributed by atoms with Crippen molar-refractivity contribution >= 4 is 41.4 Å². The highest BCUT2D eigenvalue weighted by Crippen LogP contribution is 2.20. The summed E-state index contributed by atoms with van der Waals surface area (Å²) in [6, 6.07) is 6.01. The highest BCUT2D eigenvalue weighted by molar-refractivity contribution is 5.96. The highest BCUT2D eigenvalue weighted by atomic mass is 16.3. The third kappa shape index (κ3) is 13.5. The van der Waals surface area contributed by atoms with E-state index < -0.39 is 90.1 Å². The zero-order valence-corrected chi connectivity index (χ0v) is 32.5. The van der Waals surface area contributed by atoms with Crippen LogP contribution in [0.25, 0.3) is 0 Å². The lowest BCUT2D eigenvalue weighted by Crippen LogP contribution is -2.58. The van der Waals surface area contributed by atoms with Gasteiger partial charge in [-0.15, -0.1) is 0 Å². The van der Waals surface area contributed by atoms with Crippen LogP contribution in [0.2, 0.25) is 0 Å². The number of rotatable bonds is 19. The molecule has 0 saturated carbocycles. The van der Waals surface area contributed by atoms with Gasteiger partial charge in [0.25, 0.3) is 0 Å². The molecule has 1 fully saturated rings. The number of nitrogens with zero attached hydrogens (tertiary/aromatic N) is 1. The van der Waals surface area contributed by atoms with Crippen LogP contribution in [-0.4, -0.2) is 106 Å². The molecule has 1 aliphatic rings. The van der Waals surface area contributed by atoms with Gasteiger partial charge in [0.2, 0.25) is 41.4 Å². The molecule has 17 nitrogen and oxygen atoms in total. The zero-order valence-electron chi connectivity index (χ0n) is 32.5. The second kappa shape index (κ2) is 20.8. The van der Waals surface area contributed by atoms with Crippen LogP contribution in [0, 0.1) is 11.8 Å². The minimum atomic E-state index is -1.22. The minimum absolute atomic E-state index is 0.00327. The Morgan fingerprint density at radius 2 is 1.30 bits per heavy atom. The summed E-state index contributed by atoms with van der Waals surface area (Å²) in [6.45, 7) is 8.29. The van der Waals surface area contributed by atoms with Gasteiger partial charge in [0, 0.05) is 13.0 Å². The molecule has 1 aliphatic heterocycles. The molecule has 6 atom stereocenters. The predicted octanol–water partition coefficient (Wildman–Crippen LogP) is -0.536.